The number of nitrogens with one attached hydrogen (secondary N) is 1. The number of carbonyl (C=O) groups is 3. The van der Waals surface area contributed by atoms with E-state index in [2.05, 4.69) is 5.32 Å². The number of carboxylic acids is 1. The lowest BCUT2D eigenvalue weighted by Gasteiger charge is -2.14. The molecule has 3 N–H and O–H groups in total. The molecule has 0 radical (unpaired) electrons. The minimum atomic E-state index is -1.05. The Bertz CT molecular complexity index is 1080. The number of hydrogen-bond acceptors (Lipinski definition) is 7. The van der Waals surface area contributed by atoms with Gasteiger partial charge in [-0.2, -0.15) is 0 Å². The molecule has 0 spiro atoms. The minimum Gasteiger partial charge on any atom is -0.504 e. The Kier molecular flexibility index (Phi) is 6.93. The van der Waals surface area contributed by atoms with E-state index in [0.717, 1.165) is 11.8 Å². The van der Waals surface area contributed by atoms with Crippen molar-refractivity contribution in [2.45, 2.75) is 6.42 Å². The summed E-state index contributed by atoms with van der Waals surface area (Å²) in [7, 11) is 1.43. The molecule has 0 saturated carbocycles. The SMILES string of the molecule is COc1cc(/C=C2\SC(=S)N(CCC(=O)Nc3ccc(C(=O)O)cc3)C2=O)ccc1O. The van der Waals surface area contributed by atoms with Crippen LogP contribution in [-0.4, -0.2) is 50.9 Å². The number of phenolic OH excluding ortho intramolecular Hbond substituents is 1. The first-order valence-electron chi connectivity index (χ1n) is 9.04. The van der Waals surface area contributed by atoms with Crippen molar-refractivity contribution < 1.29 is 29.3 Å². The molecule has 1 aliphatic heterocycles. The number of anilines is 1. The number of aromatic carboxylic acids is 1. The molecule has 31 heavy (non-hydrogen) atoms. The monoisotopic (exact) mass is 458 g/mol. The van der Waals surface area contributed by atoms with E-state index in [1.165, 1.54) is 42.3 Å². The van der Waals surface area contributed by atoms with Crippen LogP contribution in [-0.2, 0) is 9.59 Å². The van der Waals surface area contributed by atoms with Crippen molar-refractivity contribution in [1.29, 1.82) is 0 Å². The van der Waals surface area contributed by atoms with Gasteiger partial charge < -0.3 is 20.3 Å². The second kappa shape index (κ2) is 9.63. The number of benzene rings is 2. The number of aromatic hydroxyl groups is 1. The first-order chi connectivity index (χ1) is 14.8. The molecule has 1 heterocycles. The summed E-state index contributed by atoms with van der Waals surface area (Å²) in [6, 6.07) is 10.5. The van der Waals surface area contributed by atoms with Gasteiger partial charge in [-0.05, 0) is 48.0 Å². The summed E-state index contributed by atoms with van der Waals surface area (Å²) >= 11 is 6.41. The zero-order valence-electron chi connectivity index (χ0n) is 16.3. The number of methoxy groups -OCH3 is 1. The van der Waals surface area contributed by atoms with Gasteiger partial charge in [0.25, 0.3) is 5.91 Å². The fourth-order valence-corrected chi connectivity index (χ4v) is 4.07. The quantitative estimate of drug-likeness (QED) is 0.427. The summed E-state index contributed by atoms with van der Waals surface area (Å²) in [4.78, 5) is 37.5. The van der Waals surface area contributed by atoms with E-state index >= 15 is 0 Å². The zero-order chi connectivity index (χ0) is 22.5. The fraction of sp³-hybridized carbons (Fsp3) is 0.143. The molecule has 2 amide bonds. The molecule has 3 rings (SSSR count). The van der Waals surface area contributed by atoms with Gasteiger partial charge in [-0.15, -0.1) is 0 Å². The normalized spacial score (nSPS) is 14.7. The fourth-order valence-electron chi connectivity index (χ4n) is 2.76. The van der Waals surface area contributed by atoms with Crippen molar-refractivity contribution in [2.24, 2.45) is 0 Å². The predicted molar refractivity (Wildman–Crippen MR) is 121 cm³/mol. The van der Waals surface area contributed by atoms with Gasteiger partial charge in [-0.25, -0.2) is 4.79 Å². The molecule has 2 aromatic rings. The van der Waals surface area contributed by atoms with Gasteiger partial charge in [0.1, 0.15) is 4.32 Å². The Morgan fingerprint density at radius 1 is 1.23 bits per heavy atom. The third kappa shape index (κ3) is 5.41. The molecule has 0 aromatic heterocycles. The van der Waals surface area contributed by atoms with Crippen LogP contribution in [0.5, 0.6) is 11.5 Å². The number of rotatable bonds is 7. The second-order valence-corrected chi connectivity index (χ2v) is 8.12. The van der Waals surface area contributed by atoms with Crippen molar-refractivity contribution in [1.82, 2.24) is 4.90 Å². The molecule has 2 aromatic carbocycles. The Morgan fingerprint density at radius 2 is 1.94 bits per heavy atom. The van der Waals surface area contributed by atoms with Gasteiger partial charge in [-0.1, -0.05) is 30.0 Å². The molecular weight excluding hydrogens is 440 g/mol. The van der Waals surface area contributed by atoms with E-state index in [1.54, 1.807) is 18.2 Å². The highest BCUT2D eigenvalue weighted by molar-refractivity contribution is 8.26. The van der Waals surface area contributed by atoms with Gasteiger partial charge in [0.2, 0.25) is 5.91 Å². The molecule has 10 heteroatoms. The van der Waals surface area contributed by atoms with Crippen LogP contribution in [0.4, 0.5) is 5.69 Å². The maximum Gasteiger partial charge on any atom is 0.335 e. The van der Waals surface area contributed by atoms with Gasteiger partial charge in [0.05, 0.1) is 17.6 Å². The Balaban J connectivity index is 1.61. The van der Waals surface area contributed by atoms with Crippen LogP contribution >= 0.6 is 24.0 Å². The first-order valence-corrected chi connectivity index (χ1v) is 10.3. The Hall–Kier alpha value is -3.37. The summed E-state index contributed by atoms with van der Waals surface area (Å²) in [6.07, 6.45) is 1.67. The highest BCUT2D eigenvalue weighted by atomic mass is 32.2. The van der Waals surface area contributed by atoms with Crippen molar-refractivity contribution in [3.63, 3.8) is 0 Å². The van der Waals surface area contributed by atoms with Crippen molar-refractivity contribution in [3.8, 4) is 11.5 Å². The van der Waals surface area contributed by atoms with E-state index in [9.17, 15) is 19.5 Å². The lowest BCUT2D eigenvalue weighted by molar-refractivity contribution is -0.122. The van der Waals surface area contributed by atoms with E-state index < -0.39 is 5.97 Å². The van der Waals surface area contributed by atoms with Crippen LogP contribution in [0.25, 0.3) is 6.08 Å². The van der Waals surface area contributed by atoms with E-state index in [4.69, 9.17) is 22.1 Å². The summed E-state index contributed by atoms with van der Waals surface area (Å²) in [5.41, 5.74) is 1.24. The smallest absolute Gasteiger partial charge is 0.335 e. The zero-order valence-corrected chi connectivity index (χ0v) is 18.0. The van der Waals surface area contributed by atoms with Crippen molar-refractivity contribution >= 4 is 57.8 Å². The van der Waals surface area contributed by atoms with Gasteiger partial charge in [-0.3, -0.25) is 14.5 Å². The lowest BCUT2D eigenvalue weighted by atomic mass is 10.2. The number of amides is 2. The molecule has 1 fully saturated rings. The lowest BCUT2D eigenvalue weighted by Crippen LogP contribution is -2.31. The largest absolute Gasteiger partial charge is 0.504 e. The minimum absolute atomic E-state index is 0.00388. The summed E-state index contributed by atoms with van der Waals surface area (Å²) in [6.45, 7) is 0.111. The van der Waals surface area contributed by atoms with E-state index in [0.29, 0.717) is 20.5 Å². The number of carbonyl (C=O) groups excluding carboxylic acids is 2. The average molecular weight is 459 g/mol. The number of thiocarbonyl (C=S) groups is 1. The molecule has 0 aliphatic carbocycles. The molecule has 160 valence electrons. The number of thioether (sulfide) groups is 1. The molecular formula is C21H18N2O6S2. The maximum absolute atomic E-state index is 12.7. The predicted octanol–water partition coefficient (Wildman–Crippen LogP) is 3.33. The summed E-state index contributed by atoms with van der Waals surface area (Å²) in [5, 5.41) is 21.3. The molecule has 8 nitrogen and oxygen atoms in total. The van der Waals surface area contributed by atoms with Crippen molar-refractivity contribution in [3.05, 3.63) is 58.5 Å². The van der Waals surface area contributed by atoms with Crippen LogP contribution in [0.2, 0.25) is 0 Å². The molecule has 1 saturated heterocycles. The van der Waals surface area contributed by atoms with Crippen LogP contribution in [0.15, 0.2) is 47.4 Å². The average Bonchev–Trinajstić information content (AvgIpc) is 3.00. The van der Waals surface area contributed by atoms with Crippen LogP contribution in [0.3, 0.4) is 0 Å². The third-order valence-corrected chi connectivity index (χ3v) is 5.73. The van der Waals surface area contributed by atoms with Gasteiger partial charge in [0.15, 0.2) is 11.5 Å². The van der Waals surface area contributed by atoms with Gasteiger partial charge >= 0.3 is 5.97 Å². The van der Waals surface area contributed by atoms with E-state index in [-0.39, 0.29) is 41.8 Å². The van der Waals surface area contributed by atoms with Gasteiger partial charge in [0, 0.05) is 18.7 Å². The highest BCUT2D eigenvalue weighted by Crippen LogP contribution is 2.34. The van der Waals surface area contributed by atoms with Crippen LogP contribution in [0.1, 0.15) is 22.3 Å². The topological polar surface area (TPSA) is 116 Å². The molecule has 1 aliphatic rings. The number of nitrogens with zero attached hydrogens (tertiary/aromatic N) is 1. The molecule has 0 bridgehead atoms. The number of phenols is 1. The van der Waals surface area contributed by atoms with Crippen LogP contribution in [0, 0.1) is 0 Å². The maximum atomic E-state index is 12.7. The van der Waals surface area contributed by atoms with E-state index in [1.807, 2.05) is 0 Å². The van der Waals surface area contributed by atoms with Crippen LogP contribution < -0.4 is 10.1 Å². The number of carboxylic acid groups (broad SMARTS) is 1. The first kappa shape index (κ1) is 22.3. The second-order valence-electron chi connectivity index (χ2n) is 6.45. The molecule has 0 atom stereocenters. The Morgan fingerprint density at radius 3 is 2.58 bits per heavy atom. The Labute approximate surface area is 187 Å². The molecule has 0 unspecified atom stereocenters. The summed E-state index contributed by atoms with van der Waals surface area (Å²) in [5.74, 6) is -1.40. The number of ether oxygens (including phenoxy) is 1. The third-order valence-electron chi connectivity index (χ3n) is 4.35. The standard InChI is InChI=1S/C21H18N2O6S2/c1-29-16-10-12(2-7-15(16)24)11-17-19(26)23(21(30)31-17)9-8-18(25)22-14-5-3-13(4-6-14)20(27)28/h2-7,10-11,24H,8-9H2,1H3,(H,22,25)(H,27,28)/b17-11-. The highest BCUT2D eigenvalue weighted by Gasteiger charge is 2.32. The number of hydrogen-bond donors (Lipinski definition) is 3. The summed E-state index contributed by atoms with van der Waals surface area (Å²) < 4.78 is 5.42. The van der Waals surface area contributed by atoms with Crippen molar-refractivity contribution in [2.75, 3.05) is 19.0 Å².